The summed E-state index contributed by atoms with van der Waals surface area (Å²) in [5, 5.41) is 16.5. The molecule has 0 spiro atoms. The molecule has 0 atom stereocenters. The number of carbonyl (C=O) groups excluding carboxylic acids is 1. The van der Waals surface area contributed by atoms with Gasteiger partial charge in [0.05, 0.1) is 17.2 Å². The first kappa shape index (κ1) is 20.8. The van der Waals surface area contributed by atoms with Crippen LogP contribution in [0.5, 0.6) is 5.75 Å². The Hall–Kier alpha value is -2.97. The molecule has 1 amide bonds. The third kappa shape index (κ3) is 5.75. The molecule has 2 aromatic carbocycles. The van der Waals surface area contributed by atoms with Crippen molar-refractivity contribution in [2.45, 2.75) is 19.8 Å². The van der Waals surface area contributed by atoms with E-state index in [0.717, 1.165) is 5.56 Å². The number of nitro groups is 1. The van der Waals surface area contributed by atoms with Crippen LogP contribution in [0.2, 0.25) is 5.02 Å². The molecule has 0 unspecified atom stereocenters. The van der Waals surface area contributed by atoms with E-state index in [4.69, 9.17) is 16.3 Å². The number of nitrogens with zero attached hydrogens (tertiary/aromatic N) is 2. The lowest BCUT2D eigenvalue weighted by molar-refractivity contribution is -0.384. The zero-order valence-corrected chi connectivity index (χ0v) is 17.1. The van der Waals surface area contributed by atoms with Crippen LogP contribution >= 0.6 is 22.9 Å². The third-order valence-corrected chi connectivity index (χ3v) is 5.23. The van der Waals surface area contributed by atoms with Crippen LogP contribution < -0.4 is 10.1 Å². The average molecular weight is 432 g/mol. The van der Waals surface area contributed by atoms with E-state index in [1.54, 1.807) is 29.6 Å². The molecular formula is C20H18ClN3O4S. The Bertz CT molecular complexity index is 1040. The van der Waals surface area contributed by atoms with Gasteiger partial charge in [0.25, 0.3) is 5.69 Å². The minimum Gasteiger partial charge on any atom is -0.494 e. The number of anilines is 1. The van der Waals surface area contributed by atoms with Crippen LogP contribution in [0.1, 0.15) is 18.4 Å². The number of benzene rings is 2. The molecule has 0 aliphatic carbocycles. The number of nitrogens with one attached hydrogen (secondary N) is 1. The second kappa shape index (κ2) is 9.49. The molecule has 1 heterocycles. The number of aryl methyl sites for hydroxylation is 1. The molecule has 29 heavy (non-hydrogen) atoms. The first-order valence-electron chi connectivity index (χ1n) is 8.81. The summed E-state index contributed by atoms with van der Waals surface area (Å²) in [7, 11) is 0. The van der Waals surface area contributed by atoms with Crippen molar-refractivity contribution < 1.29 is 14.5 Å². The molecule has 1 aromatic heterocycles. The maximum atomic E-state index is 12.1. The Morgan fingerprint density at radius 2 is 2.14 bits per heavy atom. The molecule has 0 radical (unpaired) electrons. The molecule has 7 nitrogen and oxygen atoms in total. The largest absolute Gasteiger partial charge is 0.494 e. The number of ether oxygens (including phenoxy) is 1. The van der Waals surface area contributed by atoms with E-state index in [0.29, 0.717) is 40.2 Å². The van der Waals surface area contributed by atoms with Gasteiger partial charge in [0.2, 0.25) is 5.91 Å². The van der Waals surface area contributed by atoms with Crippen LogP contribution in [0.3, 0.4) is 0 Å². The van der Waals surface area contributed by atoms with Crippen LogP contribution in [0.15, 0.2) is 47.8 Å². The van der Waals surface area contributed by atoms with Gasteiger partial charge in [-0.05, 0) is 37.1 Å². The number of hydrogen-bond acceptors (Lipinski definition) is 6. The van der Waals surface area contributed by atoms with E-state index >= 15 is 0 Å². The van der Waals surface area contributed by atoms with Crippen molar-refractivity contribution >= 4 is 39.7 Å². The highest BCUT2D eigenvalue weighted by Gasteiger charge is 2.11. The summed E-state index contributed by atoms with van der Waals surface area (Å²) in [6.45, 7) is 2.31. The molecule has 0 saturated heterocycles. The van der Waals surface area contributed by atoms with Crippen molar-refractivity contribution in [2.75, 3.05) is 11.9 Å². The summed E-state index contributed by atoms with van der Waals surface area (Å²) in [5.74, 6) is 0.551. The second-order valence-corrected chi connectivity index (χ2v) is 7.52. The zero-order chi connectivity index (χ0) is 20.8. The fraction of sp³-hybridized carbons (Fsp3) is 0.200. The van der Waals surface area contributed by atoms with Crippen molar-refractivity contribution in [1.29, 1.82) is 0 Å². The summed E-state index contributed by atoms with van der Waals surface area (Å²) in [6.07, 6.45) is 0.842. The van der Waals surface area contributed by atoms with Crippen molar-refractivity contribution in [3.8, 4) is 17.0 Å². The summed E-state index contributed by atoms with van der Waals surface area (Å²) in [5.41, 5.74) is 2.14. The Morgan fingerprint density at radius 3 is 2.90 bits per heavy atom. The number of nitro benzene ring substituents is 1. The lowest BCUT2D eigenvalue weighted by atomic mass is 10.1. The van der Waals surface area contributed by atoms with Gasteiger partial charge < -0.3 is 10.1 Å². The number of rotatable bonds is 8. The Kier molecular flexibility index (Phi) is 6.79. The Labute approximate surface area is 176 Å². The van der Waals surface area contributed by atoms with Gasteiger partial charge in [0, 0.05) is 34.5 Å². The number of non-ortho nitro benzene ring substituents is 1. The van der Waals surface area contributed by atoms with Gasteiger partial charge in [-0.2, -0.15) is 0 Å². The highest BCUT2D eigenvalue weighted by molar-refractivity contribution is 7.14. The van der Waals surface area contributed by atoms with E-state index in [1.165, 1.54) is 23.5 Å². The number of carbonyl (C=O) groups is 1. The SMILES string of the molecule is Cc1cc(OCCCC(=O)Nc2nc(-c3cccc([N+](=O)[O-])c3)cs2)ccc1Cl. The molecule has 0 bridgehead atoms. The van der Waals surface area contributed by atoms with Crippen LogP contribution in [0, 0.1) is 17.0 Å². The number of thiazole rings is 1. The summed E-state index contributed by atoms with van der Waals surface area (Å²) in [6, 6.07) is 11.6. The monoisotopic (exact) mass is 431 g/mol. The van der Waals surface area contributed by atoms with Gasteiger partial charge in [-0.1, -0.05) is 23.7 Å². The minimum absolute atomic E-state index is 0.00281. The molecule has 1 N–H and O–H groups in total. The summed E-state index contributed by atoms with van der Waals surface area (Å²) >= 11 is 7.25. The summed E-state index contributed by atoms with van der Waals surface area (Å²) in [4.78, 5) is 26.9. The van der Waals surface area contributed by atoms with E-state index in [1.807, 2.05) is 13.0 Å². The summed E-state index contributed by atoms with van der Waals surface area (Å²) < 4.78 is 5.63. The topological polar surface area (TPSA) is 94.4 Å². The van der Waals surface area contributed by atoms with Gasteiger partial charge in [0.1, 0.15) is 5.75 Å². The first-order chi connectivity index (χ1) is 13.9. The van der Waals surface area contributed by atoms with Gasteiger partial charge >= 0.3 is 0 Å². The number of halogens is 1. The van der Waals surface area contributed by atoms with Crippen molar-refractivity contribution in [2.24, 2.45) is 0 Å². The van der Waals surface area contributed by atoms with Gasteiger partial charge in [-0.15, -0.1) is 11.3 Å². The maximum Gasteiger partial charge on any atom is 0.270 e. The van der Waals surface area contributed by atoms with Gasteiger partial charge in [-0.3, -0.25) is 14.9 Å². The molecule has 3 aromatic rings. The highest BCUT2D eigenvalue weighted by Crippen LogP contribution is 2.27. The van der Waals surface area contributed by atoms with Crippen LogP contribution in [0.4, 0.5) is 10.8 Å². The predicted octanol–water partition coefficient (Wildman–Crippen LogP) is 5.48. The molecule has 9 heteroatoms. The second-order valence-electron chi connectivity index (χ2n) is 6.26. The van der Waals surface area contributed by atoms with Gasteiger partial charge in [0.15, 0.2) is 5.13 Å². The van der Waals surface area contributed by atoms with Crippen LogP contribution in [0.25, 0.3) is 11.3 Å². The zero-order valence-electron chi connectivity index (χ0n) is 15.6. The smallest absolute Gasteiger partial charge is 0.270 e. The normalized spacial score (nSPS) is 10.6. The fourth-order valence-electron chi connectivity index (χ4n) is 2.55. The highest BCUT2D eigenvalue weighted by atomic mass is 35.5. The first-order valence-corrected chi connectivity index (χ1v) is 10.1. The van der Waals surface area contributed by atoms with Crippen LogP contribution in [-0.2, 0) is 4.79 Å². The molecule has 0 fully saturated rings. The van der Waals surface area contributed by atoms with E-state index in [2.05, 4.69) is 10.3 Å². The molecule has 0 saturated carbocycles. The van der Waals surface area contributed by atoms with Crippen molar-refractivity contribution in [1.82, 2.24) is 4.98 Å². The van der Waals surface area contributed by atoms with Crippen LogP contribution in [-0.4, -0.2) is 22.4 Å². The standard InChI is InChI=1S/C20H18ClN3O4S/c1-13-10-16(7-8-17(13)21)28-9-3-6-19(25)23-20-22-18(12-29-20)14-4-2-5-15(11-14)24(26)27/h2,4-5,7-8,10-12H,3,6,9H2,1H3,(H,22,23,25). The molecule has 0 aliphatic heterocycles. The Balaban J connectivity index is 1.48. The number of amides is 1. The molecule has 150 valence electrons. The molecule has 3 rings (SSSR count). The number of aromatic nitrogens is 1. The third-order valence-electron chi connectivity index (χ3n) is 4.05. The van der Waals surface area contributed by atoms with Crippen molar-refractivity contribution in [3.63, 3.8) is 0 Å². The Morgan fingerprint density at radius 1 is 1.31 bits per heavy atom. The van der Waals surface area contributed by atoms with Crippen molar-refractivity contribution in [3.05, 3.63) is 68.5 Å². The quantitative estimate of drug-likeness (QED) is 0.289. The minimum atomic E-state index is -0.452. The van der Waals surface area contributed by atoms with E-state index < -0.39 is 4.92 Å². The van der Waals surface area contributed by atoms with E-state index in [-0.39, 0.29) is 18.0 Å². The maximum absolute atomic E-state index is 12.1. The lowest BCUT2D eigenvalue weighted by Gasteiger charge is -2.07. The lowest BCUT2D eigenvalue weighted by Crippen LogP contribution is -2.12. The van der Waals surface area contributed by atoms with E-state index in [9.17, 15) is 14.9 Å². The molecule has 0 aliphatic rings. The van der Waals surface area contributed by atoms with Gasteiger partial charge in [-0.25, -0.2) is 4.98 Å². The fourth-order valence-corrected chi connectivity index (χ4v) is 3.41. The number of hydrogen-bond donors (Lipinski definition) is 1. The predicted molar refractivity (Wildman–Crippen MR) is 114 cm³/mol. The average Bonchev–Trinajstić information content (AvgIpc) is 3.16. The molecular weight excluding hydrogens is 414 g/mol.